The molecule has 0 aliphatic heterocycles. The number of ether oxygens (including phenoxy) is 2. The lowest BCUT2D eigenvalue weighted by molar-refractivity contribution is -0.274. The first-order valence-corrected chi connectivity index (χ1v) is 8.57. The highest BCUT2D eigenvalue weighted by Gasteiger charge is 2.30. The minimum atomic E-state index is -4.75. The lowest BCUT2D eigenvalue weighted by atomic mass is 10.1. The Bertz CT molecular complexity index is 929. The molecule has 3 aromatic rings. The summed E-state index contributed by atoms with van der Waals surface area (Å²) in [5.74, 6) is -0.0665. The maximum Gasteiger partial charge on any atom is 0.573 e. The molecule has 0 spiro atoms. The molecule has 3 rings (SSSR count). The summed E-state index contributed by atoms with van der Waals surface area (Å²) in [4.78, 5) is 16.0. The highest BCUT2D eigenvalue weighted by atomic mass is 19.4. The van der Waals surface area contributed by atoms with Gasteiger partial charge >= 0.3 is 6.36 Å². The van der Waals surface area contributed by atoms with E-state index in [0.717, 1.165) is 0 Å². The van der Waals surface area contributed by atoms with Crippen molar-refractivity contribution < 1.29 is 27.4 Å². The average Bonchev–Trinajstić information content (AvgIpc) is 3.16. The van der Waals surface area contributed by atoms with Gasteiger partial charge in [0.1, 0.15) is 30.8 Å². The van der Waals surface area contributed by atoms with E-state index in [4.69, 9.17) is 4.74 Å². The Kier molecular flexibility index (Phi) is 6.32. The number of amides is 1. The molecule has 152 valence electrons. The van der Waals surface area contributed by atoms with Gasteiger partial charge in [-0.3, -0.25) is 4.79 Å². The molecule has 0 fully saturated rings. The predicted octanol–water partition coefficient (Wildman–Crippen LogP) is 3.44. The number of nitrogens with zero attached hydrogens (tertiary/aromatic N) is 3. The van der Waals surface area contributed by atoms with Crippen LogP contribution in [0.4, 0.5) is 18.9 Å². The smallest absolute Gasteiger partial charge is 0.492 e. The average molecular weight is 406 g/mol. The minimum absolute atomic E-state index is 0.00365. The van der Waals surface area contributed by atoms with Crippen molar-refractivity contribution in [1.82, 2.24) is 14.8 Å². The molecule has 0 atom stereocenters. The van der Waals surface area contributed by atoms with Crippen molar-refractivity contribution in [2.45, 2.75) is 19.3 Å². The molecule has 0 unspecified atom stereocenters. The van der Waals surface area contributed by atoms with Crippen LogP contribution in [0.5, 0.6) is 11.5 Å². The van der Waals surface area contributed by atoms with Crippen LogP contribution in [0.3, 0.4) is 0 Å². The van der Waals surface area contributed by atoms with Crippen LogP contribution in [0.15, 0.2) is 61.2 Å². The minimum Gasteiger partial charge on any atom is -0.492 e. The molecule has 1 amide bonds. The van der Waals surface area contributed by atoms with Gasteiger partial charge < -0.3 is 14.8 Å². The summed E-state index contributed by atoms with van der Waals surface area (Å²) < 4.78 is 47.6. The fourth-order valence-electron chi connectivity index (χ4n) is 2.47. The van der Waals surface area contributed by atoms with Crippen molar-refractivity contribution in [3.05, 3.63) is 66.7 Å². The van der Waals surface area contributed by atoms with Crippen molar-refractivity contribution in [2.75, 3.05) is 11.9 Å². The van der Waals surface area contributed by atoms with Gasteiger partial charge in [0, 0.05) is 11.8 Å². The largest absolute Gasteiger partial charge is 0.573 e. The molecule has 0 aliphatic rings. The summed E-state index contributed by atoms with van der Waals surface area (Å²) in [5, 5.41) is 6.70. The Morgan fingerprint density at radius 1 is 1.10 bits per heavy atom. The molecule has 0 saturated carbocycles. The molecule has 1 heterocycles. The second-order valence-electron chi connectivity index (χ2n) is 5.95. The van der Waals surface area contributed by atoms with E-state index < -0.39 is 6.36 Å². The van der Waals surface area contributed by atoms with Crippen molar-refractivity contribution in [3.63, 3.8) is 0 Å². The van der Waals surface area contributed by atoms with Crippen molar-refractivity contribution in [2.24, 2.45) is 0 Å². The van der Waals surface area contributed by atoms with Gasteiger partial charge in [0.25, 0.3) is 0 Å². The molecule has 0 radical (unpaired) electrons. The van der Waals surface area contributed by atoms with Gasteiger partial charge in [0.15, 0.2) is 0 Å². The van der Waals surface area contributed by atoms with Crippen molar-refractivity contribution >= 4 is 11.6 Å². The Balaban J connectivity index is 1.49. The van der Waals surface area contributed by atoms with Crippen LogP contribution < -0.4 is 14.8 Å². The summed E-state index contributed by atoms with van der Waals surface area (Å²) in [6, 6.07) is 12.0. The first-order chi connectivity index (χ1) is 13.9. The first-order valence-electron chi connectivity index (χ1n) is 8.57. The zero-order chi connectivity index (χ0) is 20.7. The van der Waals surface area contributed by atoms with Gasteiger partial charge in [-0.2, -0.15) is 5.10 Å². The lowest BCUT2D eigenvalue weighted by Crippen LogP contribution is -2.17. The van der Waals surface area contributed by atoms with Gasteiger partial charge in [0.2, 0.25) is 5.91 Å². The number of rotatable bonds is 8. The fraction of sp³-hybridized carbons (Fsp3) is 0.211. The molecule has 0 aliphatic carbocycles. The van der Waals surface area contributed by atoms with E-state index in [2.05, 4.69) is 20.1 Å². The summed E-state index contributed by atoms with van der Waals surface area (Å²) in [6.45, 7) is 0.914. The maximum atomic E-state index is 12.2. The van der Waals surface area contributed by atoms with Crippen LogP contribution in [0.25, 0.3) is 0 Å². The highest BCUT2D eigenvalue weighted by Crippen LogP contribution is 2.23. The molecule has 2 aromatic carbocycles. The maximum absolute atomic E-state index is 12.2. The molecule has 0 saturated heterocycles. The number of alkyl halides is 3. The van der Waals surface area contributed by atoms with Crippen LogP contribution in [0.1, 0.15) is 5.56 Å². The third-order valence-corrected chi connectivity index (χ3v) is 3.70. The van der Waals surface area contributed by atoms with Crippen LogP contribution in [-0.4, -0.2) is 33.6 Å². The number of hydrogen-bond acceptors (Lipinski definition) is 5. The quantitative estimate of drug-likeness (QED) is 0.620. The Morgan fingerprint density at radius 3 is 2.59 bits per heavy atom. The van der Waals surface area contributed by atoms with E-state index in [9.17, 15) is 18.0 Å². The molecule has 7 nitrogen and oxygen atoms in total. The number of hydrogen-bond donors (Lipinski definition) is 1. The first kappa shape index (κ1) is 20.2. The molecule has 29 heavy (non-hydrogen) atoms. The molecular weight excluding hydrogens is 389 g/mol. The molecular formula is C19H17F3N4O3. The van der Waals surface area contributed by atoms with E-state index >= 15 is 0 Å². The molecule has 0 bridgehead atoms. The second kappa shape index (κ2) is 9.09. The summed E-state index contributed by atoms with van der Waals surface area (Å²) >= 11 is 0. The lowest BCUT2D eigenvalue weighted by Gasteiger charge is -2.10. The standard InChI is InChI=1S/C19H17F3N4O3/c20-19(21,22)29-16-6-4-14(5-7-16)10-18(27)25-15-2-1-3-17(11-15)28-9-8-26-13-23-12-24-26/h1-7,11-13H,8-10H2,(H,25,27). The van der Waals surface area contributed by atoms with Gasteiger partial charge in [-0.15, -0.1) is 13.2 Å². The van der Waals surface area contributed by atoms with Crippen LogP contribution in [-0.2, 0) is 17.8 Å². The monoisotopic (exact) mass is 406 g/mol. The third-order valence-electron chi connectivity index (χ3n) is 3.70. The number of anilines is 1. The van der Waals surface area contributed by atoms with Gasteiger partial charge in [-0.25, -0.2) is 9.67 Å². The Labute approximate surface area is 164 Å². The number of carbonyl (C=O) groups excluding carboxylic acids is 1. The van der Waals surface area contributed by atoms with E-state index in [1.807, 2.05) is 0 Å². The normalized spacial score (nSPS) is 11.1. The Morgan fingerprint density at radius 2 is 1.90 bits per heavy atom. The SMILES string of the molecule is O=C(Cc1ccc(OC(F)(F)F)cc1)Nc1cccc(OCCn2cncn2)c1. The van der Waals surface area contributed by atoms with Crippen molar-refractivity contribution in [3.8, 4) is 11.5 Å². The van der Waals surface area contributed by atoms with Gasteiger partial charge in [0.05, 0.1) is 13.0 Å². The molecule has 1 aromatic heterocycles. The number of carbonyl (C=O) groups is 1. The van der Waals surface area contributed by atoms with E-state index in [0.29, 0.717) is 30.2 Å². The number of aromatic nitrogens is 3. The zero-order valence-corrected chi connectivity index (χ0v) is 15.1. The summed E-state index contributed by atoms with van der Waals surface area (Å²) in [5.41, 5.74) is 1.10. The van der Waals surface area contributed by atoms with Crippen LogP contribution >= 0.6 is 0 Å². The van der Waals surface area contributed by atoms with E-state index in [-0.39, 0.29) is 18.1 Å². The second-order valence-corrected chi connectivity index (χ2v) is 5.95. The molecule has 10 heteroatoms. The zero-order valence-electron chi connectivity index (χ0n) is 15.1. The summed E-state index contributed by atoms with van der Waals surface area (Å²) in [7, 11) is 0. The third kappa shape index (κ3) is 6.83. The van der Waals surface area contributed by atoms with Crippen molar-refractivity contribution in [1.29, 1.82) is 0 Å². The van der Waals surface area contributed by atoms with Gasteiger partial charge in [-0.1, -0.05) is 18.2 Å². The number of benzene rings is 2. The number of halogens is 3. The van der Waals surface area contributed by atoms with E-state index in [1.165, 1.54) is 30.6 Å². The molecule has 1 N–H and O–H groups in total. The summed E-state index contributed by atoms with van der Waals surface area (Å²) in [6.07, 6.45) is -1.72. The highest BCUT2D eigenvalue weighted by molar-refractivity contribution is 5.92. The van der Waals surface area contributed by atoms with E-state index in [1.54, 1.807) is 35.3 Å². The predicted molar refractivity (Wildman–Crippen MR) is 97.4 cm³/mol. The Hall–Kier alpha value is -3.56. The number of nitrogens with one attached hydrogen (secondary N) is 1. The van der Waals surface area contributed by atoms with Gasteiger partial charge in [-0.05, 0) is 29.8 Å². The topological polar surface area (TPSA) is 78.3 Å². The van der Waals surface area contributed by atoms with Crippen LogP contribution in [0, 0.1) is 0 Å². The van der Waals surface area contributed by atoms with Crippen LogP contribution in [0.2, 0.25) is 0 Å². The fourth-order valence-corrected chi connectivity index (χ4v) is 2.47.